The summed E-state index contributed by atoms with van der Waals surface area (Å²) < 4.78 is 11.2. The number of amidine groups is 1. The molecule has 2 atom stereocenters. The quantitative estimate of drug-likeness (QED) is 0.237. The van der Waals surface area contributed by atoms with Crippen molar-refractivity contribution in [1.29, 1.82) is 5.41 Å². The van der Waals surface area contributed by atoms with Crippen LogP contribution in [0.15, 0.2) is 30.3 Å². The zero-order chi connectivity index (χ0) is 21.9. The Bertz CT molecular complexity index is 618. The number of ether oxygens (including phenoxy) is 2. The first kappa shape index (κ1) is 24.9. The molecule has 0 spiro atoms. The molecule has 0 aliphatic rings. The van der Waals surface area contributed by atoms with E-state index in [0.717, 1.165) is 5.56 Å². The number of rotatable bonds is 12. The largest absolute Gasteiger partial charge is 0.465 e. The van der Waals surface area contributed by atoms with E-state index < -0.39 is 11.6 Å². The number of nitrogens with one attached hydrogen (secondary N) is 2. The maximum Gasteiger partial charge on any atom is 0.407 e. The lowest BCUT2D eigenvalue weighted by molar-refractivity contribution is -0.00421. The van der Waals surface area contributed by atoms with Crippen LogP contribution in [0.1, 0.15) is 45.6 Å². The lowest BCUT2D eigenvalue weighted by Crippen LogP contribution is -2.46. The van der Waals surface area contributed by atoms with Gasteiger partial charge in [-0.15, -0.1) is 0 Å². The van der Waals surface area contributed by atoms with E-state index >= 15 is 0 Å². The molecule has 8 heteroatoms. The van der Waals surface area contributed by atoms with Crippen molar-refractivity contribution in [3.8, 4) is 0 Å². The molecule has 0 aliphatic heterocycles. The molecule has 0 heterocycles. The van der Waals surface area contributed by atoms with E-state index in [1.807, 2.05) is 56.6 Å². The van der Waals surface area contributed by atoms with Gasteiger partial charge in [-0.25, -0.2) is 4.79 Å². The van der Waals surface area contributed by atoms with Crippen molar-refractivity contribution in [2.75, 3.05) is 20.3 Å². The molecule has 4 N–H and O–H groups in total. The molecule has 1 rings (SSSR count). The molecule has 1 aromatic rings. The Morgan fingerprint density at radius 1 is 1.21 bits per heavy atom. The van der Waals surface area contributed by atoms with Crippen molar-refractivity contribution < 1.29 is 24.6 Å². The van der Waals surface area contributed by atoms with Gasteiger partial charge in [-0.3, -0.25) is 16.1 Å². The highest BCUT2D eigenvalue weighted by Crippen LogP contribution is 2.20. The van der Waals surface area contributed by atoms with Crippen molar-refractivity contribution in [3.63, 3.8) is 0 Å². The molecule has 1 unspecified atom stereocenters. The standard InChI is InChI=1S/C21H35N3O5/c1-21(2,3)24(20(25)26)13-12-17(19(22)23-27)10-11-18(28-4)15-29-14-16-8-6-5-7-9-16/h5-9,17-18,27H,10-15H2,1-4H3,(H2,22,23)(H,25,26)/t17?,18-/m0/s1. The van der Waals surface area contributed by atoms with Crippen LogP contribution in [-0.4, -0.2) is 59.0 Å². The van der Waals surface area contributed by atoms with Gasteiger partial charge in [0.05, 0.1) is 19.3 Å². The molecule has 1 amide bonds. The van der Waals surface area contributed by atoms with Gasteiger partial charge in [0.15, 0.2) is 0 Å². The summed E-state index contributed by atoms with van der Waals surface area (Å²) in [6.45, 7) is 6.68. The highest BCUT2D eigenvalue weighted by Gasteiger charge is 2.27. The van der Waals surface area contributed by atoms with Crippen LogP contribution in [0.4, 0.5) is 4.79 Å². The van der Waals surface area contributed by atoms with Gasteiger partial charge in [0, 0.05) is 25.1 Å². The monoisotopic (exact) mass is 409 g/mol. The third kappa shape index (κ3) is 9.25. The van der Waals surface area contributed by atoms with E-state index in [0.29, 0.717) is 32.5 Å². The van der Waals surface area contributed by atoms with Crippen molar-refractivity contribution in [2.24, 2.45) is 5.92 Å². The van der Waals surface area contributed by atoms with Gasteiger partial charge < -0.3 is 19.5 Å². The summed E-state index contributed by atoms with van der Waals surface area (Å²) in [5.41, 5.74) is 2.46. The summed E-state index contributed by atoms with van der Waals surface area (Å²) in [7, 11) is 1.62. The smallest absolute Gasteiger partial charge is 0.407 e. The SMILES string of the molecule is CO[C@@H](CCC(CCN(C(=O)O)C(C)(C)C)C(=N)NO)COCc1ccccc1. The summed E-state index contributed by atoms with van der Waals surface area (Å²) in [4.78, 5) is 12.9. The Morgan fingerprint density at radius 3 is 2.38 bits per heavy atom. The average molecular weight is 410 g/mol. The third-order valence-corrected chi connectivity index (χ3v) is 4.86. The molecule has 0 radical (unpaired) electrons. The molecule has 0 aliphatic carbocycles. The van der Waals surface area contributed by atoms with Gasteiger partial charge in [0.25, 0.3) is 0 Å². The minimum absolute atomic E-state index is 0.0238. The molecule has 8 nitrogen and oxygen atoms in total. The van der Waals surface area contributed by atoms with Crippen LogP contribution in [-0.2, 0) is 16.1 Å². The normalized spacial score (nSPS) is 13.6. The van der Waals surface area contributed by atoms with E-state index in [-0.39, 0.29) is 24.4 Å². The van der Waals surface area contributed by atoms with Crippen LogP contribution in [0.25, 0.3) is 0 Å². The molecule has 0 bridgehead atoms. The molecule has 164 valence electrons. The summed E-state index contributed by atoms with van der Waals surface area (Å²) in [5.74, 6) is -0.333. The van der Waals surface area contributed by atoms with Crippen LogP contribution in [0.5, 0.6) is 0 Å². The second kappa shape index (κ2) is 12.4. The molecule has 1 aromatic carbocycles. The van der Waals surface area contributed by atoms with Gasteiger partial charge in [-0.2, -0.15) is 0 Å². The molecule has 0 saturated carbocycles. The topological polar surface area (TPSA) is 115 Å². The maximum atomic E-state index is 11.5. The van der Waals surface area contributed by atoms with E-state index in [4.69, 9.17) is 20.1 Å². The maximum absolute atomic E-state index is 11.5. The first-order chi connectivity index (χ1) is 13.7. The van der Waals surface area contributed by atoms with Crippen LogP contribution in [0, 0.1) is 11.3 Å². The van der Waals surface area contributed by atoms with Crippen molar-refractivity contribution >= 4 is 11.9 Å². The molecule has 0 saturated heterocycles. The van der Waals surface area contributed by atoms with Crippen molar-refractivity contribution in [3.05, 3.63) is 35.9 Å². The molecular weight excluding hydrogens is 374 g/mol. The number of hydrogen-bond acceptors (Lipinski definition) is 5. The number of carboxylic acid groups (broad SMARTS) is 1. The molecule has 0 fully saturated rings. The van der Waals surface area contributed by atoms with Gasteiger partial charge >= 0.3 is 6.09 Å². The van der Waals surface area contributed by atoms with Crippen LogP contribution in [0.2, 0.25) is 0 Å². The second-order valence-electron chi connectivity index (χ2n) is 8.05. The van der Waals surface area contributed by atoms with Crippen LogP contribution >= 0.6 is 0 Å². The van der Waals surface area contributed by atoms with Gasteiger partial charge in [0.1, 0.15) is 5.84 Å². The van der Waals surface area contributed by atoms with Crippen molar-refractivity contribution in [1.82, 2.24) is 10.4 Å². The fourth-order valence-corrected chi connectivity index (χ4v) is 3.07. The summed E-state index contributed by atoms with van der Waals surface area (Å²) >= 11 is 0. The van der Waals surface area contributed by atoms with Crippen LogP contribution in [0.3, 0.4) is 0 Å². The highest BCUT2D eigenvalue weighted by atomic mass is 16.5. The zero-order valence-corrected chi connectivity index (χ0v) is 17.9. The number of hydroxylamine groups is 1. The Kier molecular flexibility index (Phi) is 10.6. The van der Waals surface area contributed by atoms with E-state index in [1.54, 1.807) is 7.11 Å². The predicted molar refractivity (Wildman–Crippen MR) is 111 cm³/mol. The van der Waals surface area contributed by atoms with E-state index in [9.17, 15) is 9.90 Å². The lowest BCUT2D eigenvalue weighted by atomic mass is 9.95. The van der Waals surface area contributed by atoms with Gasteiger partial charge in [-0.1, -0.05) is 30.3 Å². The van der Waals surface area contributed by atoms with E-state index in [2.05, 4.69) is 0 Å². The zero-order valence-electron chi connectivity index (χ0n) is 17.9. The number of methoxy groups -OCH3 is 1. The molecule has 0 aromatic heterocycles. The fourth-order valence-electron chi connectivity index (χ4n) is 3.07. The number of nitrogens with zero attached hydrogens (tertiary/aromatic N) is 1. The van der Waals surface area contributed by atoms with E-state index in [1.165, 1.54) is 4.90 Å². The number of benzene rings is 1. The number of carbonyl (C=O) groups is 1. The molecule has 29 heavy (non-hydrogen) atoms. The third-order valence-electron chi connectivity index (χ3n) is 4.86. The Balaban J connectivity index is 2.55. The van der Waals surface area contributed by atoms with Gasteiger partial charge in [-0.05, 0) is 45.6 Å². The van der Waals surface area contributed by atoms with Crippen LogP contribution < -0.4 is 5.48 Å². The fraction of sp³-hybridized carbons (Fsp3) is 0.619. The second-order valence-corrected chi connectivity index (χ2v) is 8.05. The summed E-state index contributed by atoms with van der Waals surface area (Å²) in [6, 6.07) is 9.87. The Hall–Kier alpha value is -2.16. The predicted octanol–water partition coefficient (Wildman–Crippen LogP) is 3.74. The lowest BCUT2D eigenvalue weighted by Gasteiger charge is -2.34. The number of amides is 1. The number of hydrogen-bond donors (Lipinski definition) is 4. The Labute approximate surface area is 173 Å². The minimum atomic E-state index is -0.996. The minimum Gasteiger partial charge on any atom is -0.465 e. The first-order valence-electron chi connectivity index (χ1n) is 9.82. The molecular formula is C21H35N3O5. The first-order valence-corrected chi connectivity index (χ1v) is 9.82. The highest BCUT2D eigenvalue weighted by molar-refractivity contribution is 5.80. The summed E-state index contributed by atoms with van der Waals surface area (Å²) in [6.07, 6.45) is 0.478. The van der Waals surface area contributed by atoms with Gasteiger partial charge in [0.2, 0.25) is 0 Å². The average Bonchev–Trinajstić information content (AvgIpc) is 2.67. The summed E-state index contributed by atoms with van der Waals surface area (Å²) in [5, 5.41) is 26.6. The van der Waals surface area contributed by atoms with Crippen molar-refractivity contribution in [2.45, 2.75) is 58.3 Å². The Morgan fingerprint density at radius 2 is 1.86 bits per heavy atom.